The summed E-state index contributed by atoms with van der Waals surface area (Å²) in [5.41, 5.74) is 4.68. The van der Waals surface area contributed by atoms with Crippen LogP contribution in [0, 0.1) is 0 Å². The Morgan fingerprint density at radius 2 is 1.83 bits per heavy atom. The standard InChI is InChI=1S/C26H21NO3/c1-30-20-12-11-17-13-16(9-10-18(17)15-20)14-19-5-4-7-22-24(26(28)29)21-6-2-3-8-23(21)27-25(19)22/h2-3,6,8-15H,4-5,7H2,1H3,(H,28,29)/p-1/b19-14+. The van der Waals surface area contributed by atoms with Crippen molar-refractivity contribution in [3.8, 4) is 5.75 Å². The average molecular weight is 394 g/mol. The number of hydrogen-bond donors (Lipinski definition) is 0. The quantitative estimate of drug-likeness (QED) is 0.508. The van der Waals surface area contributed by atoms with E-state index in [-0.39, 0.29) is 5.56 Å². The number of nitrogens with zero attached hydrogens (tertiary/aromatic N) is 1. The first kappa shape index (κ1) is 18.4. The molecule has 4 heteroatoms. The van der Waals surface area contributed by atoms with E-state index in [9.17, 15) is 9.90 Å². The molecule has 0 saturated heterocycles. The van der Waals surface area contributed by atoms with Gasteiger partial charge in [-0.25, -0.2) is 4.98 Å². The van der Waals surface area contributed by atoms with Crippen LogP contribution < -0.4 is 9.84 Å². The van der Waals surface area contributed by atoms with Gasteiger partial charge in [0, 0.05) is 10.9 Å². The summed E-state index contributed by atoms with van der Waals surface area (Å²) in [6, 6.07) is 19.7. The van der Waals surface area contributed by atoms with Gasteiger partial charge in [0.25, 0.3) is 0 Å². The van der Waals surface area contributed by atoms with E-state index in [1.165, 1.54) is 0 Å². The van der Waals surface area contributed by atoms with Gasteiger partial charge in [-0.3, -0.25) is 0 Å². The number of carboxylic acid groups (broad SMARTS) is 1. The molecule has 5 rings (SSSR count). The van der Waals surface area contributed by atoms with Crippen LogP contribution in [0.4, 0.5) is 0 Å². The zero-order valence-electron chi connectivity index (χ0n) is 16.6. The third-order valence-corrected chi connectivity index (χ3v) is 5.79. The number of fused-ring (bicyclic) bond motifs is 3. The highest BCUT2D eigenvalue weighted by atomic mass is 16.5. The molecule has 1 heterocycles. The molecule has 0 aliphatic heterocycles. The summed E-state index contributed by atoms with van der Waals surface area (Å²) in [6.45, 7) is 0. The maximum Gasteiger partial charge on any atom is 0.119 e. The number of aromatic carboxylic acids is 1. The van der Waals surface area contributed by atoms with Gasteiger partial charge in [0.05, 0.1) is 24.3 Å². The van der Waals surface area contributed by atoms with E-state index in [4.69, 9.17) is 9.72 Å². The molecule has 0 spiro atoms. The largest absolute Gasteiger partial charge is 0.545 e. The highest BCUT2D eigenvalue weighted by Gasteiger charge is 2.22. The molecule has 1 aliphatic rings. The third kappa shape index (κ3) is 3.11. The number of allylic oxidation sites excluding steroid dienone is 1. The maximum absolute atomic E-state index is 12.0. The molecule has 0 atom stereocenters. The molecule has 0 bridgehead atoms. The number of hydrogen-bond acceptors (Lipinski definition) is 4. The zero-order chi connectivity index (χ0) is 20.7. The number of aromatic nitrogens is 1. The van der Waals surface area contributed by atoms with Crippen molar-refractivity contribution in [3.05, 3.63) is 83.0 Å². The molecule has 0 radical (unpaired) electrons. The van der Waals surface area contributed by atoms with E-state index in [0.29, 0.717) is 17.3 Å². The molecule has 0 fully saturated rings. The van der Waals surface area contributed by atoms with Gasteiger partial charge in [0.15, 0.2) is 0 Å². The molecular weight excluding hydrogens is 374 g/mol. The number of ether oxygens (including phenoxy) is 1. The lowest BCUT2D eigenvalue weighted by Crippen LogP contribution is -2.26. The number of carbonyl (C=O) groups excluding carboxylic acids is 1. The molecule has 1 aliphatic carbocycles. The van der Waals surface area contributed by atoms with Crippen LogP contribution in [0.2, 0.25) is 0 Å². The first-order valence-electron chi connectivity index (χ1n) is 10.1. The van der Waals surface area contributed by atoms with Crippen molar-refractivity contribution in [2.75, 3.05) is 7.11 Å². The molecule has 30 heavy (non-hydrogen) atoms. The summed E-state index contributed by atoms with van der Waals surface area (Å²) in [7, 11) is 1.66. The van der Waals surface area contributed by atoms with Crippen LogP contribution >= 0.6 is 0 Å². The van der Waals surface area contributed by atoms with Crippen molar-refractivity contribution in [1.82, 2.24) is 4.98 Å². The topological polar surface area (TPSA) is 62.2 Å². The van der Waals surface area contributed by atoms with Gasteiger partial charge in [0.1, 0.15) is 5.75 Å². The Hall–Kier alpha value is -3.66. The first-order chi connectivity index (χ1) is 14.6. The van der Waals surface area contributed by atoms with Crippen molar-refractivity contribution in [2.45, 2.75) is 19.3 Å². The van der Waals surface area contributed by atoms with E-state index in [0.717, 1.165) is 51.8 Å². The molecule has 4 aromatic rings. The molecule has 0 N–H and O–H groups in total. The van der Waals surface area contributed by atoms with Crippen molar-refractivity contribution < 1.29 is 14.6 Å². The van der Waals surface area contributed by atoms with Gasteiger partial charge in [-0.2, -0.15) is 0 Å². The normalized spacial score (nSPS) is 14.8. The predicted octanol–water partition coefficient (Wildman–Crippen LogP) is 4.64. The lowest BCUT2D eigenvalue weighted by atomic mass is 9.86. The minimum atomic E-state index is -1.13. The SMILES string of the molecule is COc1ccc2cc(/C=C3\CCCc4c3nc3ccccc3c4C(=O)[O-])ccc2c1. The molecule has 0 saturated carbocycles. The summed E-state index contributed by atoms with van der Waals surface area (Å²) in [5, 5.41) is 14.9. The van der Waals surface area contributed by atoms with Gasteiger partial charge in [-0.05, 0) is 77.1 Å². The second-order valence-corrected chi connectivity index (χ2v) is 7.61. The molecule has 0 amide bonds. The molecule has 148 valence electrons. The minimum Gasteiger partial charge on any atom is -0.545 e. The monoisotopic (exact) mass is 394 g/mol. The number of pyridine rings is 1. The fourth-order valence-electron chi connectivity index (χ4n) is 4.37. The van der Waals surface area contributed by atoms with Gasteiger partial charge in [-0.1, -0.05) is 36.4 Å². The van der Waals surface area contributed by atoms with E-state index >= 15 is 0 Å². The number of rotatable bonds is 3. The van der Waals surface area contributed by atoms with Crippen molar-refractivity contribution in [1.29, 1.82) is 0 Å². The third-order valence-electron chi connectivity index (χ3n) is 5.79. The Morgan fingerprint density at radius 3 is 2.67 bits per heavy atom. The Balaban J connectivity index is 1.66. The van der Waals surface area contributed by atoms with Crippen molar-refractivity contribution in [3.63, 3.8) is 0 Å². The van der Waals surface area contributed by atoms with Crippen molar-refractivity contribution in [2.24, 2.45) is 0 Å². The molecular formula is C26H20NO3-. The smallest absolute Gasteiger partial charge is 0.119 e. The Bertz CT molecular complexity index is 1340. The van der Waals surface area contributed by atoms with Gasteiger partial charge < -0.3 is 14.6 Å². The van der Waals surface area contributed by atoms with Crippen LogP contribution in [0.3, 0.4) is 0 Å². The Morgan fingerprint density at radius 1 is 1.03 bits per heavy atom. The fraction of sp³-hybridized carbons (Fsp3) is 0.154. The van der Waals surface area contributed by atoms with Gasteiger partial charge in [-0.15, -0.1) is 0 Å². The number of para-hydroxylation sites is 1. The highest BCUT2D eigenvalue weighted by Crippen LogP contribution is 2.36. The van der Waals surface area contributed by atoms with Crippen molar-refractivity contribution >= 4 is 39.3 Å². The zero-order valence-corrected chi connectivity index (χ0v) is 16.6. The van der Waals surface area contributed by atoms with Crippen LogP contribution in [0.5, 0.6) is 5.75 Å². The molecule has 3 aromatic carbocycles. The van der Waals surface area contributed by atoms with Gasteiger partial charge >= 0.3 is 0 Å². The second-order valence-electron chi connectivity index (χ2n) is 7.61. The fourth-order valence-corrected chi connectivity index (χ4v) is 4.37. The summed E-state index contributed by atoms with van der Waals surface area (Å²) in [6.07, 6.45) is 4.59. The Kier molecular flexibility index (Phi) is 4.47. The van der Waals surface area contributed by atoms with E-state index in [1.807, 2.05) is 42.5 Å². The Labute approximate surface area is 174 Å². The van der Waals surface area contributed by atoms with Crippen LogP contribution in [0.25, 0.3) is 33.3 Å². The number of carbonyl (C=O) groups is 1. The van der Waals surface area contributed by atoms with Crippen LogP contribution in [-0.4, -0.2) is 18.1 Å². The van der Waals surface area contributed by atoms with E-state index < -0.39 is 5.97 Å². The lowest BCUT2D eigenvalue weighted by molar-refractivity contribution is -0.254. The number of methoxy groups -OCH3 is 1. The number of carboxylic acids is 1. The van der Waals surface area contributed by atoms with Crippen LogP contribution in [-0.2, 0) is 6.42 Å². The number of benzene rings is 3. The summed E-state index contributed by atoms with van der Waals surface area (Å²) >= 11 is 0. The first-order valence-corrected chi connectivity index (χ1v) is 10.1. The van der Waals surface area contributed by atoms with Crippen LogP contribution in [0.1, 0.15) is 40.0 Å². The molecule has 4 nitrogen and oxygen atoms in total. The van der Waals surface area contributed by atoms with Crippen LogP contribution in [0.15, 0.2) is 60.7 Å². The molecule has 0 unspecified atom stereocenters. The molecule has 1 aromatic heterocycles. The average Bonchev–Trinajstić information content (AvgIpc) is 2.77. The maximum atomic E-state index is 12.0. The second kappa shape index (κ2) is 7.30. The van der Waals surface area contributed by atoms with E-state index in [1.54, 1.807) is 7.11 Å². The minimum absolute atomic E-state index is 0.284. The summed E-state index contributed by atoms with van der Waals surface area (Å²) in [4.78, 5) is 16.8. The predicted molar refractivity (Wildman–Crippen MR) is 117 cm³/mol. The summed E-state index contributed by atoms with van der Waals surface area (Å²) in [5.74, 6) is -0.300. The van der Waals surface area contributed by atoms with Gasteiger partial charge in [0.2, 0.25) is 0 Å². The van der Waals surface area contributed by atoms with E-state index in [2.05, 4.69) is 24.3 Å². The summed E-state index contributed by atoms with van der Waals surface area (Å²) < 4.78 is 5.31. The highest BCUT2D eigenvalue weighted by molar-refractivity contribution is 6.05. The lowest BCUT2D eigenvalue weighted by Gasteiger charge is -2.23.